The molecule has 0 spiro atoms. The quantitative estimate of drug-likeness (QED) is 0.289. The van der Waals surface area contributed by atoms with Crippen LogP contribution in [0.3, 0.4) is 0 Å². The van der Waals surface area contributed by atoms with Crippen molar-refractivity contribution < 1.29 is 13.6 Å². The van der Waals surface area contributed by atoms with Gasteiger partial charge < -0.3 is 15.8 Å². The molecule has 1 rings (SSSR count). The van der Waals surface area contributed by atoms with E-state index in [1.165, 1.54) is 0 Å². The molecule has 0 aliphatic carbocycles. The first-order chi connectivity index (χ1) is 6.94. The maximum Gasteiger partial charge on any atom is 0.151 e. The first-order valence-electron chi connectivity index (χ1n) is 4.81. The van der Waals surface area contributed by atoms with Crippen molar-refractivity contribution in [2.75, 3.05) is 25.1 Å². The first kappa shape index (κ1) is 12.3. The Morgan fingerprint density at radius 1 is 1.67 bits per heavy atom. The molecular formula is C8H17N3O3S. The molecule has 1 heterocycles. The van der Waals surface area contributed by atoms with Gasteiger partial charge in [0.05, 0.1) is 11.5 Å². The first-order valence-corrected chi connectivity index (χ1v) is 6.64. The van der Waals surface area contributed by atoms with Gasteiger partial charge in [-0.1, -0.05) is 5.16 Å². The lowest BCUT2D eigenvalue weighted by Crippen LogP contribution is -2.35. The van der Waals surface area contributed by atoms with Crippen LogP contribution in [0, 0.1) is 0 Å². The Balaban J connectivity index is 2.39. The lowest BCUT2D eigenvalue weighted by molar-refractivity contribution is 0.266. The second-order valence-electron chi connectivity index (χ2n) is 3.88. The van der Waals surface area contributed by atoms with Crippen LogP contribution in [0.1, 0.15) is 12.8 Å². The van der Waals surface area contributed by atoms with Gasteiger partial charge in [-0.2, -0.15) is 0 Å². The predicted octanol–water partition coefficient (Wildman–Crippen LogP) is -0.758. The lowest BCUT2D eigenvalue weighted by Gasteiger charge is -2.22. The summed E-state index contributed by atoms with van der Waals surface area (Å²) in [6.07, 6.45) is 1.12. The van der Waals surface area contributed by atoms with E-state index in [0.717, 1.165) is 0 Å². The van der Waals surface area contributed by atoms with E-state index < -0.39 is 9.84 Å². The van der Waals surface area contributed by atoms with Crippen molar-refractivity contribution in [3.05, 3.63) is 0 Å². The molecule has 1 fully saturated rings. The lowest BCUT2D eigenvalue weighted by atomic mass is 10.2. The van der Waals surface area contributed by atoms with Crippen LogP contribution in [-0.2, 0) is 9.84 Å². The van der Waals surface area contributed by atoms with Crippen LogP contribution in [-0.4, -0.2) is 55.5 Å². The highest BCUT2D eigenvalue weighted by molar-refractivity contribution is 7.91. The smallest absolute Gasteiger partial charge is 0.151 e. The van der Waals surface area contributed by atoms with Gasteiger partial charge in [0.15, 0.2) is 9.84 Å². The molecule has 88 valence electrons. The number of nitrogens with zero attached hydrogens (tertiary/aromatic N) is 2. The van der Waals surface area contributed by atoms with E-state index in [9.17, 15) is 8.42 Å². The Kier molecular flexibility index (Phi) is 3.92. The fourth-order valence-electron chi connectivity index (χ4n) is 1.65. The second kappa shape index (κ2) is 4.80. The molecule has 0 aromatic carbocycles. The van der Waals surface area contributed by atoms with Gasteiger partial charge in [0.25, 0.3) is 0 Å². The molecule has 6 nitrogen and oxygen atoms in total. The molecule has 1 atom stereocenters. The van der Waals surface area contributed by atoms with Gasteiger partial charge in [0, 0.05) is 19.0 Å². The van der Waals surface area contributed by atoms with E-state index in [1.54, 1.807) is 0 Å². The average molecular weight is 235 g/mol. The number of amidine groups is 1. The van der Waals surface area contributed by atoms with Gasteiger partial charge in [-0.15, -0.1) is 0 Å². The zero-order chi connectivity index (χ0) is 11.5. The number of rotatable bonds is 4. The molecule has 0 radical (unpaired) electrons. The molecular weight excluding hydrogens is 218 g/mol. The van der Waals surface area contributed by atoms with E-state index in [1.807, 2.05) is 11.9 Å². The van der Waals surface area contributed by atoms with Gasteiger partial charge in [0.2, 0.25) is 0 Å². The molecule has 0 aromatic rings. The van der Waals surface area contributed by atoms with Crippen molar-refractivity contribution in [1.82, 2.24) is 4.90 Å². The average Bonchev–Trinajstić information content (AvgIpc) is 2.54. The Bertz CT molecular complexity index is 339. The number of hydrogen-bond acceptors (Lipinski definition) is 5. The predicted molar refractivity (Wildman–Crippen MR) is 57.7 cm³/mol. The van der Waals surface area contributed by atoms with Crippen LogP contribution in [0.4, 0.5) is 0 Å². The van der Waals surface area contributed by atoms with Crippen molar-refractivity contribution in [1.29, 1.82) is 0 Å². The summed E-state index contributed by atoms with van der Waals surface area (Å²) in [6.45, 7) is 0.607. The van der Waals surface area contributed by atoms with Crippen LogP contribution in [0.25, 0.3) is 0 Å². The molecule has 3 N–H and O–H groups in total. The topological polar surface area (TPSA) is 96.0 Å². The summed E-state index contributed by atoms with van der Waals surface area (Å²) in [5, 5.41) is 11.2. The number of oxime groups is 1. The molecule has 0 saturated carbocycles. The highest BCUT2D eigenvalue weighted by Crippen LogP contribution is 2.16. The number of nitrogens with two attached hydrogens (primary N) is 1. The molecule has 1 aliphatic rings. The zero-order valence-corrected chi connectivity index (χ0v) is 9.57. The van der Waals surface area contributed by atoms with Crippen molar-refractivity contribution in [2.45, 2.75) is 18.9 Å². The SMILES string of the molecule is CN(CC/C(N)=N/O)C1CCS(=O)(=O)C1. The van der Waals surface area contributed by atoms with E-state index in [-0.39, 0.29) is 23.4 Å². The largest absolute Gasteiger partial charge is 0.409 e. The summed E-state index contributed by atoms with van der Waals surface area (Å²) in [4.78, 5) is 1.95. The van der Waals surface area contributed by atoms with Crippen molar-refractivity contribution in [3.8, 4) is 0 Å². The van der Waals surface area contributed by atoms with Gasteiger partial charge in [0.1, 0.15) is 5.84 Å². The Labute approximate surface area is 89.7 Å². The summed E-state index contributed by atoms with van der Waals surface area (Å²) in [5.74, 6) is 0.660. The molecule has 0 aromatic heterocycles. The van der Waals surface area contributed by atoms with Crippen LogP contribution in [0.15, 0.2) is 5.16 Å². The summed E-state index contributed by atoms with van der Waals surface area (Å²) >= 11 is 0. The Morgan fingerprint density at radius 3 is 2.80 bits per heavy atom. The third-order valence-corrected chi connectivity index (χ3v) is 4.43. The maximum absolute atomic E-state index is 11.2. The van der Waals surface area contributed by atoms with Crippen LogP contribution in [0.2, 0.25) is 0 Å². The fraction of sp³-hybridized carbons (Fsp3) is 0.875. The number of hydrogen-bond donors (Lipinski definition) is 2. The van der Waals surface area contributed by atoms with E-state index >= 15 is 0 Å². The van der Waals surface area contributed by atoms with Crippen molar-refractivity contribution in [2.24, 2.45) is 10.9 Å². The van der Waals surface area contributed by atoms with Gasteiger partial charge in [-0.25, -0.2) is 8.42 Å². The third kappa shape index (κ3) is 3.67. The molecule has 1 unspecified atom stereocenters. The standard InChI is InChI=1S/C8H17N3O3S/c1-11(4-2-8(9)10-12)7-3-5-15(13,14)6-7/h7,12H,2-6H2,1H3,(H2,9,10). The van der Waals surface area contributed by atoms with Crippen LogP contribution < -0.4 is 5.73 Å². The molecule has 7 heteroatoms. The van der Waals surface area contributed by atoms with Gasteiger partial charge in [-0.3, -0.25) is 0 Å². The van der Waals surface area contributed by atoms with E-state index in [4.69, 9.17) is 10.9 Å². The summed E-state index contributed by atoms with van der Waals surface area (Å²) in [7, 11) is -0.980. The van der Waals surface area contributed by atoms with E-state index in [2.05, 4.69) is 5.16 Å². The Hall–Kier alpha value is -0.820. The van der Waals surface area contributed by atoms with Crippen molar-refractivity contribution >= 4 is 15.7 Å². The molecule has 1 saturated heterocycles. The van der Waals surface area contributed by atoms with Gasteiger partial charge in [-0.05, 0) is 13.5 Å². The number of sulfone groups is 1. The summed E-state index contributed by atoms with van der Waals surface area (Å²) in [6, 6.07) is 0.0708. The molecule has 1 aliphatic heterocycles. The summed E-state index contributed by atoms with van der Waals surface area (Å²) in [5.41, 5.74) is 5.33. The third-order valence-electron chi connectivity index (χ3n) is 2.68. The minimum atomic E-state index is -2.84. The minimum absolute atomic E-state index is 0.0708. The molecule has 15 heavy (non-hydrogen) atoms. The Morgan fingerprint density at radius 2 is 2.33 bits per heavy atom. The second-order valence-corrected chi connectivity index (χ2v) is 6.11. The van der Waals surface area contributed by atoms with Crippen LogP contribution in [0.5, 0.6) is 0 Å². The fourth-order valence-corrected chi connectivity index (χ4v) is 3.45. The van der Waals surface area contributed by atoms with E-state index in [0.29, 0.717) is 19.4 Å². The highest BCUT2D eigenvalue weighted by Gasteiger charge is 2.30. The molecule has 0 amide bonds. The monoisotopic (exact) mass is 235 g/mol. The molecule has 0 bridgehead atoms. The normalized spacial score (nSPS) is 26.0. The maximum atomic E-state index is 11.2. The zero-order valence-electron chi connectivity index (χ0n) is 8.76. The highest BCUT2D eigenvalue weighted by atomic mass is 32.2. The van der Waals surface area contributed by atoms with Crippen LogP contribution >= 0.6 is 0 Å². The minimum Gasteiger partial charge on any atom is -0.409 e. The van der Waals surface area contributed by atoms with Crippen molar-refractivity contribution in [3.63, 3.8) is 0 Å². The summed E-state index contributed by atoms with van der Waals surface area (Å²) < 4.78 is 22.4. The van der Waals surface area contributed by atoms with Gasteiger partial charge >= 0.3 is 0 Å².